The second-order valence-corrected chi connectivity index (χ2v) is 4.67. The van der Waals surface area contributed by atoms with E-state index in [1.807, 2.05) is 0 Å². The fraction of sp³-hybridized carbons (Fsp3) is 0.667. The van der Waals surface area contributed by atoms with Crippen molar-refractivity contribution in [2.24, 2.45) is 0 Å². The molecule has 0 aromatic rings. The van der Waals surface area contributed by atoms with Gasteiger partial charge in [-0.25, -0.2) is 8.98 Å². The Morgan fingerprint density at radius 2 is 2.00 bits per heavy atom. The molecule has 1 atom stereocenters. The monoisotopic (exact) mass is 269 g/mol. The maximum absolute atomic E-state index is 11.0. The first-order valence-corrected chi connectivity index (χ1v) is 6.00. The fourth-order valence-corrected chi connectivity index (χ4v) is 1.88. The highest BCUT2D eigenvalue weighted by Gasteiger charge is 2.36. The Bertz CT molecular complexity index is 362. The molecule has 4 N–H and O–H groups in total. The van der Waals surface area contributed by atoms with Crippen LogP contribution in [0.4, 0.5) is 0 Å². The number of ether oxygens (including phenoxy) is 1. The topological polar surface area (TPSA) is 125 Å². The summed E-state index contributed by atoms with van der Waals surface area (Å²) in [4.78, 5) is 11.0. The molecule has 0 saturated heterocycles. The lowest BCUT2D eigenvalue weighted by Crippen LogP contribution is -2.43. The van der Waals surface area contributed by atoms with Crippen LogP contribution in [0.25, 0.3) is 0 Å². The molecule has 102 valence electrons. The number of hydrogen-bond donors (Lipinski definition) is 2. The van der Waals surface area contributed by atoms with Crippen LogP contribution in [0.3, 0.4) is 0 Å². The van der Waals surface area contributed by atoms with Crippen LogP contribution in [-0.4, -0.2) is 30.6 Å². The number of rotatable bonds is 6. The normalized spacial score (nSPS) is 13.4. The van der Waals surface area contributed by atoms with E-state index in [9.17, 15) is 13.2 Å². The van der Waals surface area contributed by atoms with Crippen LogP contribution in [0.15, 0.2) is 12.7 Å². The zero-order valence-corrected chi connectivity index (χ0v) is 11.0. The maximum atomic E-state index is 11.0. The Morgan fingerprint density at radius 1 is 1.53 bits per heavy atom. The third-order valence-corrected chi connectivity index (χ3v) is 2.53. The molecule has 0 aromatic carbocycles. The van der Waals surface area contributed by atoms with Crippen LogP contribution >= 0.6 is 0 Å². The number of carbonyl (C=O) groups is 1. The predicted molar refractivity (Wildman–Crippen MR) is 62.1 cm³/mol. The summed E-state index contributed by atoms with van der Waals surface area (Å²) in [6.07, 6.45) is 0.494. The van der Waals surface area contributed by atoms with Gasteiger partial charge in [0.05, 0.1) is 0 Å². The molecule has 0 heterocycles. The maximum Gasteiger partial charge on any atom is 0.398 e. The van der Waals surface area contributed by atoms with E-state index >= 15 is 0 Å². The van der Waals surface area contributed by atoms with Gasteiger partial charge >= 0.3 is 16.4 Å². The lowest BCUT2D eigenvalue weighted by atomic mass is 10.00. The molecule has 0 aliphatic carbocycles. The van der Waals surface area contributed by atoms with E-state index in [1.165, 1.54) is 13.8 Å². The van der Waals surface area contributed by atoms with Gasteiger partial charge in [-0.2, -0.15) is 8.42 Å². The Hall–Kier alpha value is -0.960. The first kappa shape index (κ1) is 18.4. The molecule has 0 saturated carbocycles. The quantitative estimate of drug-likeness (QED) is 0.422. The summed E-state index contributed by atoms with van der Waals surface area (Å²) >= 11 is 0. The van der Waals surface area contributed by atoms with Crippen molar-refractivity contribution in [3.63, 3.8) is 0 Å². The van der Waals surface area contributed by atoms with Crippen LogP contribution in [0.1, 0.15) is 27.2 Å². The van der Waals surface area contributed by atoms with Gasteiger partial charge in [-0.1, -0.05) is 13.5 Å². The minimum absolute atomic E-state index is 0. The Balaban J connectivity index is 0. The molecule has 0 amide bonds. The van der Waals surface area contributed by atoms with Crippen molar-refractivity contribution in [2.45, 2.75) is 38.9 Å². The van der Waals surface area contributed by atoms with Crippen molar-refractivity contribution in [1.29, 1.82) is 0 Å². The Kier molecular flexibility index (Phi) is 7.25. The molecular weight excluding hydrogens is 250 g/mol. The molecule has 0 spiro atoms. The summed E-state index contributed by atoms with van der Waals surface area (Å²) < 4.78 is 39.1. The van der Waals surface area contributed by atoms with Gasteiger partial charge in [-0.3, -0.25) is 4.55 Å². The first-order valence-electron chi connectivity index (χ1n) is 4.63. The third kappa shape index (κ3) is 7.05. The minimum atomic E-state index is -4.60. The molecule has 8 heteroatoms. The van der Waals surface area contributed by atoms with Gasteiger partial charge in [0, 0.05) is 6.08 Å². The van der Waals surface area contributed by atoms with Crippen LogP contribution in [0.2, 0.25) is 0 Å². The minimum Gasteiger partial charge on any atom is -0.456 e. The van der Waals surface area contributed by atoms with Crippen molar-refractivity contribution in [2.75, 3.05) is 0 Å². The average Bonchev–Trinajstić information content (AvgIpc) is 2.09. The summed E-state index contributed by atoms with van der Waals surface area (Å²) in [6.45, 7) is 7.70. The zero-order valence-electron chi connectivity index (χ0n) is 10.2. The van der Waals surface area contributed by atoms with Crippen molar-refractivity contribution in [3.05, 3.63) is 12.7 Å². The Labute approximate surface area is 101 Å². The summed E-state index contributed by atoms with van der Waals surface area (Å²) in [5, 5.41) is 0. The van der Waals surface area contributed by atoms with E-state index < -0.39 is 28.1 Å². The second-order valence-electron chi connectivity index (χ2n) is 3.65. The predicted octanol–water partition coefficient (Wildman–Crippen LogP) is 1.25. The van der Waals surface area contributed by atoms with Gasteiger partial charge in [-0.05, 0) is 20.3 Å². The number of esters is 1. The van der Waals surface area contributed by atoms with Gasteiger partial charge in [0.1, 0.15) is 11.7 Å². The molecule has 17 heavy (non-hydrogen) atoms. The van der Waals surface area contributed by atoms with E-state index in [0.29, 0.717) is 6.42 Å². The Morgan fingerprint density at radius 3 is 2.29 bits per heavy atom. The van der Waals surface area contributed by atoms with E-state index in [4.69, 9.17) is 9.29 Å². The molecule has 0 fully saturated rings. The molecule has 0 aliphatic heterocycles. The summed E-state index contributed by atoms with van der Waals surface area (Å²) in [5.41, 5.74) is -1.35. The largest absolute Gasteiger partial charge is 0.456 e. The fourth-order valence-electron chi connectivity index (χ4n) is 1.23. The summed E-state index contributed by atoms with van der Waals surface area (Å²) in [6, 6.07) is 0. The molecule has 0 aliphatic rings. The van der Waals surface area contributed by atoms with Crippen molar-refractivity contribution in [3.8, 4) is 0 Å². The van der Waals surface area contributed by atoms with Crippen LogP contribution < -0.4 is 6.15 Å². The molecule has 0 bridgehead atoms. The highest BCUT2D eigenvalue weighted by molar-refractivity contribution is 7.80. The molecule has 0 aromatic heterocycles. The van der Waals surface area contributed by atoms with Crippen molar-refractivity contribution < 1.29 is 26.7 Å². The number of hydrogen-bond acceptors (Lipinski definition) is 6. The van der Waals surface area contributed by atoms with Crippen molar-refractivity contribution >= 4 is 16.4 Å². The standard InChI is InChI=1S/C9H16O6S.H3N/c1-5-7(14-8(10)6-2)9(3,4)15-16(11,12)13;/h6-7H,2,5H2,1,3-4H3,(H,11,12,13);1H3. The smallest absolute Gasteiger partial charge is 0.398 e. The second kappa shape index (κ2) is 6.70. The molecule has 0 rings (SSSR count). The van der Waals surface area contributed by atoms with E-state index in [-0.39, 0.29) is 6.15 Å². The first-order chi connectivity index (χ1) is 7.12. The molecule has 0 radical (unpaired) electrons. The van der Waals surface area contributed by atoms with Crippen LogP contribution in [0.5, 0.6) is 0 Å². The van der Waals surface area contributed by atoms with Gasteiger partial charge < -0.3 is 10.9 Å². The highest BCUT2D eigenvalue weighted by atomic mass is 32.3. The number of carbonyl (C=O) groups excluding carboxylic acids is 1. The van der Waals surface area contributed by atoms with E-state index in [1.54, 1.807) is 6.92 Å². The highest BCUT2D eigenvalue weighted by Crippen LogP contribution is 2.22. The van der Waals surface area contributed by atoms with Gasteiger partial charge in [-0.15, -0.1) is 0 Å². The molecule has 1 unspecified atom stereocenters. The molecule has 7 nitrogen and oxygen atoms in total. The van der Waals surface area contributed by atoms with Gasteiger partial charge in [0.15, 0.2) is 0 Å². The van der Waals surface area contributed by atoms with Gasteiger partial charge in [0.25, 0.3) is 0 Å². The van der Waals surface area contributed by atoms with Crippen molar-refractivity contribution in [1.82, 2.24) is 6.15 Å². The van der Waals surface area contributed by atoms with Crippen LogP contribution in [0, 0.1) is 0 Å². The third-order valence-electron chi connectivity index (χ3n) is 1.89. The van der Waals surface area contributed by atoms with E-state index in [0.717, 1.165) is 6.08 Å². The van der Waals surface area contributed by atoms with Crippen LogP contribution in [-0.2, 0) is 24.1 Å². The zero-order chi connectivity index (χ0) is 13.0. The lowest BCUT2D eigenvalue weighted by Gasteiger charge is -2.30. The SMILES string of the molecule is C=CC(=O)OC(CC)C(C)(C)OS(=O)(=O)O.N. The molecular formula is C9H19NO6S. The summed E-state index contributed by atoms with van der Waals surface area (Å²) in [7, 11) is -4.60. The average molecular weight is 269 g/mol. The summed E-state index contributed by atoms with van der Waals surface area (Å²) in [5.74, 6) is -0.682. The van der Waals surface area contributed by atoms with E-state index in [2.05, 4.69) is 10.8 Å². The van der Waals surface area contributed by atoms with Gasteiger partial charge in [0.2, 0.25) is 0 Å². The lowest BCUT2D eigenvalue weighted by molar-refractivity contribution is -0.154.